The third-order valence-corrected chi connectivity index (χ3v) is 3.81. The molecule has 3 nitrogen and oxygen atoms in total. The quantitative estimate of drug-likeness (QED) is 0.918. The Morgan fingerprint density at radius 2 is 2.26 bits per heavy atom. The lowest BCUT2D eigenvalue weighted by molar-refractivity contribution is 0.109. The summed E-state index contributed by atoms with van der Waals surface area (Å²) in [5, 5.41) is 0.804. The number of H-pyrrole nitrogens is 1. The number of aryl methyl sites for hydroxylation is 1. The Morgan fingerprint density at radius 1 is 1.37 bits per heavy atom. The van der Waals surface area contributed by atoms with Gasteiger partial charge in [-0.15, -0.1) is 0 Å². The third kappa shape index (κ3) is 2.30. The fraction of sp³-hybridized carbons (Fsp3) is 0.438. The predicted molar refractivity (Wildman–Crippen MR) is 76.5 cm³/mol. The summed E-state index contributed by atoms with van der Waals surface area (Å²) in [6.07, 6.45) is 4.18. The van der Waals surface area contributed by atoms with E-state index >= 15 is 0 Å². The SMILES string of the molecule is CCCCc1ccc2[nH]c3c(c(=O)c2c1)COCC3. The van der Waals surface area contributed by atoms with Crippen molar-refractivity contribution in [1.82, 2.24) is 4.98 Å². The fourth-order valence-electron chi connectivity index (χ4n) is 2.68. The number of ether oxygens (including phenoxy) is 1. The Hall–Kier alpha value is -1.61. The van der Waals surface area contributed by atoms with Gasteiger partial charge in [0.15, 0.2) is 5.43 Å². The molecule has 1 aromatic heterocycles. The molecule has 3 rings (SSSR count). The van der Waals surface area contributed by atoms with Crippen molar-refractivity contribution in [3.8, 4) is 0 Å². The maximum atomic E-state index is 12.5. The van der Waals surface area contributed by atoms with Crippen molar-refractivity contribution in [3.05, 3.63) is 45.2 Å². The summed E-state index contributed by atoms with van der Waals surface area (Å²) < 4.78 is 5.40. The minimum atomic E-state index is 0.141. The maximum Gasteiger partial charge on any atom is 0.195 e. The average molecular weight is 257 g/mol. The number of benzene rings is 1. The smallest absolute Gasteiger partial charge is 0.195 e. The number of nitrogens with one attached hydrogen (secondary N) is 1. The monoisotopic (exact) mass is 257 g/mol. The van der Waals surface area contributed by atoms with Crippen molar-refractivity contribution in [2.45, 2.75) is 39.2 Å². The molecule has 1 N–H and O–H groups in total. The van der Waals surface area contributed by atoms with Gasteiger partial charge in [0.2, 0.25) is 0 Å². The second-order valence-electron chi connectivity index (χ2n) is 5.20. The Bertz CT molecular complexity index is 658. The van der Waals surface area contributed by atoms with Crippen molar-refractivity contribution in [2.75, 3.05) is 6.61 Å². The summed E-state index contributed by atoms with van der Waals surface area (Å²) in [5.41, 5.74) is 4.20. The minimum Gasteiger partial charge on any atom is -0.376 e. The van der Waals surface area contributed by atoms with Gasteiger partial charge in [-0.1, -0.05) is 19.4 Å². The summed E-state index contributed by atoms with van der Waals surface area (Å²) in [7, 11) is 0. The number of aromatic amines is 1. The number of pyridine rings is 1. The number of unbranched alkanes of at least 4 members (excludes halogenated alkanes) is 1. The Balaban J connectivity index is 2.12. The van der Waals surface area contributed by atoms with Gasteiger partial charge in [-0.05, 0) is 30.5 Å². The van der Waals surface area contributed by atoms with Gasteiger partial charge in [-0.25, -0.2) is 0 Å². The van der Waals surface area contributed by atoms with E-state index in [1.165, 1.54) is 12.0 Å². The van der Waals surface area contributed by atoms with Crippen LogP contribution >= 0.6 is 0 Å². The first kappa shape index (κ1) is 12.4. The summed E-state index contributed by atoms with van der Waals surface area (Å²) in [6, 6.07) is 6.20. The van der Waals surface area contributed by atoms with E-state index in [4.69, 9.17) is 4.74 Å². The van der Waals surface area contributed by atoms with E-state index in [0.29, 0.717) is 13.2 Å². The molecule has 1 aliphatic rings. The highest BCUT2D eigenvalue weighted by Crippen LogP contribution is 2.18. The molecular weight excluding hydrogens is 238 g/mol. The molecule has 0 aliphatic carbocycles. The first-order valence-electron chi connectivity index (χ1n) is 7.04. The van der Waals surface area contributed by atoms with E-state index in [9.17, 15) is 4.79 Å². The Kier molecular flexibility index (Phi) is 3.38. The third-order valence-electron chi connectivity index (χ3n) is 3.81. The first-order valence-corrected chi connectivity index (χ1v) is 7.04. The van der Waals surface area contributed by atoms with Crippen molar-refractivity contribution in [1.29, 1.82) is 0 Å². The van der Waals surface area contributed by atoms with Gasteiger partial charge in [0.25, 0.3) is 0 Å². The van der Waals surface area contributed by atoms with E-state index in [1.54, 1.807) is 0 Å². The van der Waals surface area contributed by atoms with Crippen LogP contribution in [0.15, 0.2) is 23.0 Å². The second kappa shape index (κ2) is 5.17. The highest BCUT2D eigenvalue weighted by molar-refractivity contribution is 5.80. The van der Waals surface area contributed by atoms with Crippen LogP contribution in [-0.2, 0) is 24.2 Å². The Labute approximate surface area is 112 Å². The summed E-state index contributed by atoms with van der Waals surface area (Å²) in [5.74, 6) is 0. The van der Waals surface area contributed by atoms with E-state index in [2.05, 4.69) is 18.0 Å². The number of hydrogen-bond acceptors (Lipinski definition) is 2. The molecule has 0 amide bonds. The molecule has 2 aromatic rings. The van der Waals surface area contributed by atoms with Crippen LogP contribution in [0.2, 0.25) is 0 Å². The van der Waals surface area contributed by atoms with Gasteiger partial charge >= 0.3 is 0 Å². The zero-order valence-corrected chi connectivity index (χ0v) is 11.3. The van der Waals surface area contributed by atoms with E-state index in [0.717, 1.165) is 41.4 Å². The van der Waals surface area contributed by atoms with Crippen molar-refractivity contribution >= 4 is 10.9 Å². The highest BCUT2D eigenvalue weighted by atomic mass is 16.5. The lowest BCUT2D eigenvalue weighted by Crippen LogP contribution is -2.21. The topological polar surface area (TPSA) is 42.1 Å². The normalized spacial score (nSPS) is 14.6. The number of fused-ring (bicyclic) bond motifs is 2. The molecule has 0 atom stereocenters. The van der Waals surface area contributed by atoms with E-state index in [1.807, 2.05) is 12.1 Å². The lowest BCUT2D eigenvalue weighted by atomic mass is 10.0. The molecule has 0 saturated carbocycles. The van der Waals surface area contributed by atoms with Crippen LogP contribution in [-0.4, -0.2) is 11.6 Å². The molecule has 100 valence electrons. The molecule has 0 spiro atoms. The van der Waals surface area contributed by atoms with E-state index < -0.39 is 0 Å². The summed E-state index contributed by atoms with van der Waals surface area (Å²) in [4.78, 5) is 15.9. The molecule has 0 fully saturated rings. The molecule has 0 bridgehead atoms. The number of hydrogen-bond donors (Lipinski definition) is 1. The first-order chi connectivity index (χ1) is 9.29. The van der Waals surface area contributed by atoms with Gasteiger partial charge in [0.05, 0.1) is 13.2 Å². The van der Waals surface area contributed by atoms with Crippen molar-refractivity contribution in [3.63, 3.8) is 0 Å². The second-order valence-corrected chi connectivity index (χ2v) is 5.20. The van der Waals surface area contributed by atoms with Crippen LogP contribution < -0.4 is 5.43 Å². The maximum absolute atomic E-state index is 12.5. The van der Waals surface area contributed by atoms with Crippen LogP contribution in [0.25, 0.3) is 10.9 Å². The molecule has 19 heavy (non-hydrogen) atoms. The summed E-state index contributed by atoms with van der Waals surface area (Å²) in [6.45, 7) is 3.32. The molecule has 0 radical (unpaired) electrons. The van der Waals surface area contributed by atoms with Crippen molar-refractivity contribution < 1.29 is 4.74 Å². The van der Waals surface area contributed by atoms with Crippen LogP contribution in [0.1, 0.15) is 36.6 Å². The standard InChI is InChI=1S/C16H19NO2/c1-2-3-4-11-5-6-14-12(9-11)16(18)13-10-19-8-7-15(13)17-14/h5-6,9H,2-4,7-8,10H2,1H3,(H,17,18). The van der Waals surface area contributed by atoms with Gasteiger partial charge in [0.1, 0.15) is 0 Å². The minimum absolute atomic E-state index is 0.141. The van der Waals surface area contributed by atoms with Crippen LogP contribution in [0, 0.1) is 0 Å². The zero-order valence-electron chi connectivity index (χ0n) is 11.3. The number of aromatic nitrogens is 1. The van der Waals surface area contributed by atoms with E-state index in [-0.39, 0.29) is 5.43 Å². The predicted octanol–water partition coefficient (Wildman–Crippen LogP) is 2.94. The molecule has 2 heterocycles. The molecule has 1 aliphatic heterocycles. The molecule has 3 heteroatoms. The lowest BCUT2D eigenvalue weighted by Gasteiger charge is -2.16. The molecule has 1 aromatic carbocycles. The van der Waals surface area contributed by atoms with Crippen LogP contribution in [0.4, 0.5) is 0 Å². The van der Waals surface area contributed by atoms with Gasteiger partial charge in [-0.2, -0.15) is 0 Å². The highest BCUT2D eigenvalue weighted by Gasteiger charge is 2.16. The fourth-order valence-corrected chi connectivity index (χ4v) is 2.68. The van der Waals surface area contributed by atoms with Gasteiger partial charge in [0, 0.05) is 28.6 Å². The molecule has 0 saturated heterocycles. The van der Waals surface area contributed by atoms with Gasteiger partial charge < -0.3 is 9.72 Å². The Morgan fingerprint density at radius 3 is 3.11 bits per heavy atom. The molecular formula is C16H19NO2. The average Bonchev–Trinajstić information content (AvgIpc) is 2.46. The van der Waals surface area contributed by atoms with Crippen LogP contribution in [0.5, 0.6) is 0 Å². The van der Waals surface area contributed by atoms with Crippen LogP contribution in [0.3, 0.4) is 0 Å². The van der Waals surface area contributed by atoms with Crippen molar-refractivity contribution in [2.24, 2.45) is 0 Å². The number of rotatable bonds is 3. The van der Waals surface area contributed by atoms with Gasteiger partial charge in [-0.3, -0.25) is 4.79 Å². The zero-order chi connectivity index (χ0) is 13.2. The largest absolute Gasteiger partial charge is 0.376 e. The summed E-state index contributed by atoms with van der Waals surface area (Å²) >= 11 is 0. The molecule has 0 unspecified atom stereocenters.